The van der Waals surface area contributed by atoms with E-state index in [2.05, 4.69) is 16.7 Å². The molecule has 4 heteroatoms. The van der Waals surface area contributed by atoms with E-state index in [1.807, 2.05) is 38.1 Å². The molecule has 0 radical (unpaired) electrons. The molecular formula is C12H15N3S. The van der Waals surface area contributed by atoms with Gasteiger partial charge in [0.1, 0.15) is 0 Å². The van der Waals surface area contributed by atoms with E-state index in [1.54, 1.807) is 0 Å². The monoisotopic (exact) mass is 233 g/mol. The van der Waals surface area contributed by atoms with Crippen LogP contribution < -0.4 is 10.6 Å². The van der Waals surface area contributed by atoms with Crippen molar-refractivity contribution in [3.63, 3.8) is 0 Å². The molecule has 2 N–H and O–H groups in total. The summed E-state index contributed by atoms with van der Waals surface area (Å²) in [7, 11) is 0. The van der Waals surface area contributed by atoms with E-state index in [1.165, 1.54) is 0 Å². The number of nitriles is 1. The van der Waals surface area contributed by atoms with Gasteiger partial charge in [0.05, 0.1) is 17.7 Å². The van der Waals surface area contributed by atoms with Gasteiger partial charge in [0.25, 0.3) is 0 Å². The van der Waals surface area contributed by atoms with Crippen molar-refractivity contribution in [3.8, 4) is 6.07 Å². The fourth-order valence-electron chi connectivity index (χ4n) is 1.34. The maximum Gasteiger partial charge on any atom is 0.166 e. The fourth-order valence-corrected chi connectivity index (χ4v) is 1.66. The molecule has 3 nitrogen and oxygen atoms in total. The molecule has 16 heavy (non-hydrogen) atoms. The molecule has 0 aliphatic carbocycles. The van der Waals surface area contributed by atoms with Crippen LogP contribution in [0.3, 0.4) is 0 Å². The zero-order valence-electron chi connectivity index (χ0n) is 9.45. The fraction of sp³-hybridized carbons (Fsp3) is 0.333. The smallest absolute Gasteiger partial charge is 0.166 e. The maximum atomic E-state index is 8.69. The van der Waals surface area contributed by atoms with Crippen LogP contribution in [0.25, 0.3) is 0 Å². The molecule has 1 aromatic carbocycles. The molecule has 0 fully saturated rings. The third kappa shape index (κ3) is 3.52. The summed E-state index contributed by atoms with van der Waals surface area (Å²) in [4.78, 5) is 0. The normalized spacial score (nSPS) is 11.3. The van der Waals surface area contributed by atoms with E-state index in [-0.39, 0.29) is 6.04 Å². The Labute approximate surface area is 101 Å². The Morgan fingerprint density at radius 3 is 2.56 bits per heavy atom. The molecule has 1 rings (SSSR count). The molecule has 1 unspecified atom stereocenters. The van der Waals surface area contributed by atoms with Gasteiger partial charge in [-0.3, -0.25) is 0 Å². The van der Waals surface area contributed by atoms with Crippen LogP contribution in [0, 0.1) is 11.3 Å². The molecule has 0 heterocycles. The zero-order valence-corrected chi connectivity index (χ0v) is 10.3. The van der Waals surface area contributed by atoms with Gasteiger partial charge in [-0.15, -0.1) is 0 Å². The number of hydrogen-bond acceptors (Lipinski definition) is 2. The van der Waals surface area contributed by atoms with Crippen LogP contribution in [-0.2, 0) is 0 Å². The van der Waals surface area contributed by atoms with Gasteiger partial charge in [0.2, 0.25) is 0 Å². The van der Waals surface area contributed by atoms with E-state index in [0.717, 1.165) is 12.1 Å². The van der Waals surface area contributed by atoms with Crippen LogP contribution in [0.4, 0.5) is 0 Å². The maximum absolute atomic E-state index is 8.69. The van der Waals surface area contributed by atoms with Gasteiger partial charge in [-0.2, -0.15) is 5.26 Å². The van der Waals surface area contributed by atoms with E-state index in [4.69, 9.17) is 17.5 Å². The molecule has 0 saturated heterocycles. The second kappa shape index (κ2) is 6.09. The minimum atomic E-state index is 0.138. The zero-order chi connectivity index (χ0) is 12.0. The van der Waals surface area contributed by atoms with E-state index < -0.39 is 0 Å². The molecule has 0 saturated carbocycles. The number of rotatable bonds is 3. The highest BCUT2D eigenvalue weighted by Crippen LogP contribution is 2.12. The number of hydrogen-bond donors (Lipinski definition) is 2. The van der Waals surface area contributed by atoms with Crippen LogP contribution in [-0.4, -0.2) is 11.7 Å². The first-order valence-corrected chi connectivity index (χ1v) is 5.62. The van der Waals surface area contributed by atoms with Gasteiger partial charge in [-0.05, 0) is 43.8 Å². The summed E-state index contributed by atoms with van der Waals surface area (Å²) in [6.45, 7) is 4.84. The van der Waals surface area contributed by atoms with Gasteiger partial charge in [0, 0.05) is 6.54 Å². The van der Waals surface area contributed by atoms with Gasteiger partial charge in [0.15, 0.2) is 5.11 Å². The Morgan fingerprint density at radius 2 is 2.06 bits per heavy atom. The number of nitrogens with zero attached hydrogens (tertiary/aromatic N) is 1. The predicted octanol–water partition coefficient (Wildman–Crippen LogP) is 2.10. The Bertz CT molecular complexity index is 392. The molecule has 0 aliphatic rings. The van der Waals surface area contributed by atoms with E-state index in [9.17, 15) is 0 Å². The third-order valence-corrected chi connectivity index (χ3v) is 2.49. The minimum absolute atomic E-state index is 0.138. The summed E-state index contributed by atoms with van der Waals surface area (Å²) in [5.41, 5.74) is 1.78. The van der Waals surface area contributed by atoms with E-state index >= 15 is 0 Å². The van der Waals surface area contributed by atoms with Crippen LogP contribution in [0.15, 0.2) is 24.3 Å². The van der Waals surface area contributed by atoms with Gasteiger partial charge in [-0.25, -0.2) is 0 Å². The summed E-state index contributed by atoms with van der Waals surface area (Å²) < 4.78 is 0. The molecule has 0 amide bonds. The SMILES string of the molecule is CCNC(=S)NC(C)c1ccc(C#N)cc1. The second-order valence-corrected chi connectivity index (χ2v) is 3.87. The molecule has 0 aromatic heterocycles. The van der Waals surface area contributed by atoms with Crippen LogP contribution in [0.2, 0.25) is 0 Å². The second-order valence-electron chi connectivity index (χ2n) is 3.46. The summed E-state index contributed by atoms with van der Waals surface area (Å²) in [5, 5.41) is 15.5. The average molecular weight is 233 g/mol. The van der Waals surface area contributed by atoms with Crippen molar-refractivity contribution in [2.45, 2.75) is 19.9 Å². The molecular weight excluding hydrogens is 218 g/mol. The van der Waals surface area contributed by atoms with Crippen LogP contribution in [0.5, 0.6) is 0 Å². The van der Waals surface area contributed by atoms with Crippen molar-refractivity contribution in [2.24, 2.45) is 0 Å². The highest BCUT2D eigenvalue weighted by Gasteiger charge is 2.05. The lowest BCUT2D eigenvalue weighted by atomic mass is 10.1. The topological polar surface area (TPSA) is 47.8 Å². The Balaban J connectivity index is 2.63. The van der Waals surface area contributed by atoms with Gasteiger partial charge in [-0.1, -0.05) is 12.1 Å². The Hall–Kier alpha value is -1.60. The highest BCUT2D eigenvalue weighted by atomic mass is 32.1. The van der Waals surface area contributed by atoms with Crippen LogP contribution >= 0.6 is 12.2 Å². The highest BCUT2D eigenvalue weighted by molar-refractivity contribution is 7.80. The minimum Gasteiger partial charge on any atom is -0.363 e. The lowest BCUT2D eigenvalue weighted by Gasteiger charge is -2.16. The largest absolute Gasteiger partial charge is 0.363 e. The van der Waals surface area contributed by atoms with Crippen molar-refractivity contribution < 1.29 is 0 Å². The Morgan fingerprint density at radius 1 is 1.44 bits per heavy atom. The molecule has 0 spiro atoms. The third-order valence-electron chi connectivity index (χ3n) is 2.22. The Kier molecular flexibility index (Phi) is 4.74. The first-order valence-electron chi connectivity index (χ1n) is 5.21. The summed E-state index contributed by atoms with van der Waals surface area (Å²) in [5.74, 6) is 0. The van der Waals surface area contributed by atoms with Crippen molar-refractivity contribution in [3.05, 3.63) is 35.4 Å². The van der Waals surface area contributed by atoms with E-state index in [0.29, 0.717) is 10.7 Å². The molecule has 84 valence electrons. The molecule has 1 atom stereocenters. The number of benzene rings is 1. The van der Waals surface area contributed by atoms with Gasteiger partial charge >= 0.3 is 0 Å². The van der Waals surface area contributed by atoms with Crippen molar-refractivity contribution in [2.75, 3.05) is 6.54 Å². The molecule has 0 aliphatic heterocycles. The summed E-state index contributed by atoms with van der Waals surface area (Å²) in [6.07, 6.45) is 0. The first-order chi connectivity index (χ1) is 7.67. The summed E-state index contributed by atoms with van der Waals surface area (Å²) in [6, 6.07) is 9.72. The molecule has 1 aromatic rings. The quantitative estimate of drug-likeness (QED) is 0.785. The lowest BCUT2D eigenvalue weighted by molar-refractivity contribution is 0.702. The van der Waals surface area contributed by atoms with Gasteiger partial charge < -0.3 is 10.6 Å². The molecule has 0 bridgehead atoms. The number of nitrogens with one attached hydrogen (secondary N) is 2. The first kappa shape index (κ1) is 12.5. The average Bonchev–Trinajstić information content (AvgIpc) is 2.29. The predicted molar refractivity (Wildman–Crippen MR) is 69.0 cm³/mol. The number of thiocarbonyl (C=S) groups is 1. The van der Waals surface area contributed by atoms with Crippen molar-refractivity contribution >= 4 is 17.3 Å². The summed E-state index contributed by atoms with van der Waals surface area (Å²) >= 11 is 5.10. The standard InChI is InChI=1S/C12H15N3S/c1-3-14-12(16)15-9(2)11-6-4-10(8-13)5-7-11/h4-7,9H,3H2,1-2H3,(H2,14,15,16). The van der Waals surface area contributed by atoms with Crippen LogP contribution in [0.1, 0.15) is 31.0 Å². The lowest BCUT2D eigenvalue weighted by Crippen LogP contribution is -2.36. The van der Waals surface area contributed by atoms with Crippen molar-refractivity contribution in [1.82, 2.24) is 10.6 Å². The van der Waals surface area contributed by atoms with Crippen molar-refractivity contribution in [1.29, 1.82) is 5.26 Å².